The van der Waals surface area contributed by atoms with Gasteiger partial charge in [0.15, 0.2) is 0 Å². The minimum atomic E-state index is 0.134. The van der Waals surface area contributed by atoms with Crippen LogP contribution in [0.1, 0.15) is 17.7 Å². The van der Waals surface area contributed by atoms with Crippen LogP contribution in [0.25, 0.3) is 0 Å². The number of hydrogen-bond donors (Lipinski definition) is 1. The first-order valence-corrected chi connectivity index (χ1v) is 7.34. The largest absolute Gasteiger partial charge is 0.374 e. The maximum Gasteiger partial charge on any atom is 0.0856 e. The monoisotopic (exact) mass is 252 g/mol. The highest BCUT2D eigenvalue weighted by molar-refractivity contribution is 7.09. The lowest BCUT2D eigenvalue weighted by Crippen LogP contribution is -2.53. The van der Waals surface area contributed by atoms with Crippen molar-refractivity contribution in [1.29, 1.82) is 0 Å². The van der Waals surface area contributed by atoms with Crippen molar-refractivity contribution in [2.45, 2.75) is 37.5 Å². The molecule has 0 aromatic carbocycles. The van der Waals surface area contributed by atoms with E-state index in [-0.39, 0.29) is 12.1 Å². The first-order valence-electron chi connectivity index (χ1n) is 6.46. The zero-order valence-corrected chi connectivity index (χ0v) is 10.9. The molecule has 1 aromatic heterocycles. The molecule has 94 valence electrons. The fourth-order valence-electron chi connectivity index (χ4n) is 2.89. The molecule has 0 saturated carbocycles. The molecule has 0 radical (unpaired) electrons. The van der Waals surface area contributed by atoms with Crippen molar-refractivity contribution in [1.82, 2.24) is 4.90 Å². The Bertz CT molecular complexity index is 354. The average Bonchev–Trinajstić information content (AvgIpc) is 2.97. The second kappa shape index (κ2) is 5.06. The number of hydrogen-bond acceptors (Lipinski definition) is 4. The van der Waals surface area contributed by atoms with Gasteiger partial charge in [0.2, 0.25) is 0 Å². The predicted molar refractivity (Wildman–Crippen MR) is 70.3 cm³/mol. The van der Waals surface area contributed by atoms with Crippen LogP contribution >= 0.6 is 11.3 Å². The summed E-state index contributed by atoms with van der Waals surface area (Å²) in [6.07, 6.45) is 3.78. The summed E-state index contributed by atoms with van der Waals surface area (Å²) in [5.41, 5.74) is 6.28. The third-order valence-electron chi connectivity index (χ3n) is 3.91. The number of ether oxygens (including phenoxy) is 1. The first kappa shape index (κ1) is 11.7. The van der Waals surface area contributed by atoms with Gasteiger partial charge in [0.1, 0.15) is 0 Å². The van der Waals surface area contributed by atoms with Gasteiger partial charge in [-0.1, -0.05) is 6.07 Å². The molecule has 1 aromatic rings. The molecule has 0 aliphatic carbocycles. The lowest BCUT2D eigenvalue weighted by molar-refractivity contribution is -0.0588. The summed E-state index contributed by atoms with van der Waals surface area (Å²) < 4.78 is 5.94. The van der Waals surface area contributed by atoms with Gasteiger partial charge in [-0.2, -0.15) is 0 Å². The highest BCUT2D eigenvalue weighted by Crippen LogP contribution is 2.24. The number of thiophene rings is 1. The molecule has 2 aliphatic rings. The third kappa shape index (κ3) is 2.55. The molecule has 17 heavy (non-hydrogen) atoms. The standard InChI is InChI=1S/C13H20N2OS/c14-12(7-11-4-2-6-17-11)13-8-15-5-1-3-10(15)9-16-13/h2,4,6,10,12-13H,1,3,5,7-9,14H2. The molecule has 2 N–H and O–H groups in total. The normalized spacial score (nSPS) is 31.4. The van der Waals surface area contributed by atoms with E-state index in [2.05, 4.69) is 22.4 Å². The quantitative estimate of drug-likeness (QED) is 0.885. The fourth-order valence-corrected chi connectivity index (χ4v) is 3.67. The Hall–Kier alpha value is -0.420. The summed E-state index contributed by atoms with van der Waals surface area (Å²) in [6.45, 7) is 3.14. The van der Waals surface area contributed by atoms with Gasteiger partial charge in [-0.25, -0.2) is 0 Å². The zero-order valence-electron chi connectivity index (χ0n) is 10.0. The van der Waals surface area contributed by atoms with Crippen LogP contribution < -0.4 is 5.73 Å². The Kier molecular flexibility index (Phi) is 3.47. The molecule has 3 unspecified atom stereocenters. The molecule has 2 fully saturated rings. The highest BCUT2D eigenvalue weighted by atomic mass is 32.1. The topological polar surface area (TPSA) is 38.5 Å². The minimum Gasteiger partial charge on any atom is -0.374 e. The van der Waals surface area contributed by atoms with Crippen LogP contribution in [-0.4, -0.2) is 42.8 Å². The average molecular weight is 252 g/mol. The summed E-state index contributed by atoms with van der Waals surface area (Å²) in [4.78, 5) is 3.92. The van der Waals surface area contributed by atoms with Crippen molar-refractivity contribution in [3.63, 3.8) is 0 Å². The molecule has 0 bridgehead atoms. The van der Waals surface area contributed by atoms with Crippen LogP contribution in [-0.2, 0) is 11.2 Å². The van der Waals surface area contributed by atoms with Gasteiger partial charge in [-0.05, 0) is 37.3 Å². The summed E-state index contributed by atoms with van der Waals surface area (Å²) in [6, 6.07) is 5.05. The van der Waals surface area contributed by atoms with E-state index in [9.17, 15) is 0 Å². The van der Waals surface area contributed by atoms with E-state index >= 15 is 0 Å². The van der Waals surface area contributed by atoms with Crippen molar-refractivity contribution < 1.29 is 4.74 Å². The van der Waals surface area contributed by atoms with Gasteiger partial charge in [0.25, 0.3) is 0 Å². The zero-order chi connectivity index (χ0) is 11.7. The summed E-state index contributed by atoms with van der Waals surface area (Å²) >= 11 is 1.79. The molecular formula is C13H20N2OS. The molecule has 3 atom stereocenters. The number of nitrogens with zero attached hydrogens (tertiary/aromatic N) is 1. The second-order valence-corrected chi connectivity index (χ2v) is 6.14. The summed E-state index contributed by atoms with van der Waals surface area (Å²) in [5.74, 6) is 0. The van der Waals surface area contributed by atoms with E-state index in [1.807, 2.05) is 0 Å². The number of nitrogens with two attached hydrogens (primary N) is 1. The van der Waals surface area contributed by atoms with Crippen LogP contribution in [0.3, 0.4) is 0 Å². The summed E-state index contributed by atoms with van der Waals surface area (Å²) in [5, 5.41) is 2.11. The Labute approximate surface area is 107 Å². The SMILES string of the molecule is NC(Cc1cccs1)C1CN2CCCC2CO1. The maximum atomic E-state index is 6.28. The first-order chi connectivity index (χ1) is 8.33. The highest BCUT2D eigenvalue weighted by Gasteiger charge is 2.34. The van der Waals surface area contributed by atoms with Crippen LogP contribution in [0.15, 0.2) is 17.5 Å². The lowest BCUT2D eigenvalue weighted by atomic mass is 10.0. The van der Waals surface area contributed by atoms with E-state index in [1.165, 1.54) is 24.3 Å². The van der Waals surface area contributed by atoms with Gasteiger partial charge in [0, 0.05) is 23.5 Å². The Morgan fingerprint density at radius 2 is 2.53 bits per heavy atom. The van der Waals surface area contributed by atoms with Gasteiger partial charge in [-0.3, -0.25) is 4.90 Å². The van der Waals surface area contributed by atoms with Gasteiger partial charge >= 0.3 is 0 Å². The maximum absolute atomic E-state index is 6.28. The van der Waals surface area contributed by atoms with E-state index in [0.717, 1.165) is 19.6 Å². The van der Waals surface area contributed by atoms with Gasteiger partial charge in [0.05, 0.1) is 12.7 Å². The van der Waals surface area contributed by atoms with Crippen molar-refractivity contribution in [2.75, 3.05) is 19.7 Å². The fraction of sp³-hybridized carbons (Fsp3) is 0.692. The van der Waals surface area contributed by atoms with Crippen molar-refractivity contribution in [3.8, 4) is 0 Å². The Morgan fingerprint density at radius 1 is 1.59 bits per heavy atom. The Morgan fingerprint density at radius 3 is 3.35 bits per heavy atom. The van der Waals surface area contributed by atoms with Crippen LogP contribution in [0.5, 0.6) is 0 Å². The molecule has 0 spiro atoms. The van der Waals surface area contributed by atoms with E-state index in [4.69, 9.17) is 10.5 Å². The van der Waals surface area contributed by atoms with E-state index in [1.54, 1.807) is 11.3 Å². The second-order valence-electron chi connectivity index (χ2n) is 5.11. The number of fused-ring (bicyclic) bond motifs is 1. The van der Waals surface area contributed by atoms with Crippen LogP contribution in [0, 0.1) is 0 Å². The van der Waals surface area contributed by atoms with Crippen molar-refractivity contribution in [3.05, 3.63) is 22.4 Å². The molecular weight excluding hydrogens is 232 g/mol. The van der Waals surface area contributed by atoms with E-state index < -0.39 is 0 Å². The molecule has 3 nitrogen and oxygen atoms in total. The minimum absolute atomic E-state index is 0.134. The molecule has 3 rings (SSSR count). The molecule has 2 aliphatic heterocycles. The molecule has 4 heteroatoms. The lowest BCUT2D eigenvalue weighted by Gasteiger charge is -2.37. The molecule has 3 heterocycles. The summed E-state index contributed by atoms with van der Waals surface area (Å²) in [7, 11) is 0. The Balaban J connectivity index is 1.57. The van der Waals surface area contributed by atoms with E-state index in [0.29, 0.717) is 6.04 Å². The van der Waals surface area contributed by atoms with Crippen LogP contribution in [0.2, 0.25) is 0 Å². The predicted octanol–water partition coefficient (Wildman–Crippen LogP) is 1.48. The van der Waals surface area contributed by atoms with Crippen LogP contribution in [0.4, 0.5) is 0 Å². The number of rotatable bonds is 3. The van der Waals surface area contributed by atoms with Crippen molar-refractivity contribution >= 4 is 11.3 Å². The smallest absolute Gasteiger partial charge is 0.0856 e. The van der Waals surface area contributed by atoms with Gasteiger partial charge in [-0.15, -0.1) is 11.3 Å². The van der Waals surface area contributed by atoms with Crippen molar-refractivity contribution in [2.24, 2.45) is 5.73 Å². The molecule has 0 amide bonds. The third-order valence-corrected chi connectivity index (χ3v) is 4.81. The van der Waals surface area contributed by atoms with Gasteiger partial charge < -0.3 is 10.5 Å². The number of morpholine rings is 1. The molecule has 2 saturated heterocycles.